The van der Waals surface area contributed by atoms with Crippen LogP contribution in [-0.2, 0) is 4.74 Å². The summed E-state index contributed by atoms with van der Waals surface area (Å²) in [6, 6.07) is 14.5. The molecule has 2 aromatic carbocycles. The lowest BCUT2D eigenvalue weighted by molar-refractivity contribution is 0.0529. The average molecular weight is 492 g/mol. The molecular formula is C25H25N5O4S. The van der Waals surface area contributed by atoms with E-state index in [1.165, 1.54) is 11.3 Å². The number of carbonyl (C=O) groups is 2. The van der Waals surface area contributed by atoms with E-state index >= 15 is 0 Å². The molecule has 1 N–H and O–H groups in total. The number of methoxy groups -OCH3 is 1. The maximum Gasteiger partial charge on any atom is 0.341 e. The number of hydrogen-bond acceptors (Lipinski definition) is 8. The van der Waals surface area contributed by atoms with E-state index in [0.717, 1.165) is 5.56 Å². The maximum absolute atomic E-state index is 13.2. The second kappa shape index (κ2) is 10.5. The monoisotopic (exact) mass is 491 g/mol. The normalized spacial score (nSPS) is 10.9. The summed E-state index contributed by atoms with van der Waals surface area (Å²) < 4.78 is 12.2. The van der Waals surface area contributed by atoms with Gasteiger partial charge in [-0.1, -0.05) is 24.3 Å². The van der Waals surface area contributed by atoms with Gasteiger partial charge >= 0.3 is 5.97 Å². The van der Waals surface area contributed by atoms with Crippen LogP contribution in [-0.4, -0.2) is 45.8 Å². The molecule has 0 bridgehead atoms. The summed E-state index contributed by atoms with van der Waals surface area (Å²) in [5.41, 5.74) is 2.93. The van der Waals surface area contributed by atoms with Crippen LogP contribution >= 0.6 is 11.3 Å². The van der Waals surface area contributed by atoms with Gasteiger partial charge < -0.3 is 14.8 Å². The minimum atomic E-state index is -0.500. The molecule has 2 heterocycles. The number of tetrazole rings is 1. The summed E-state index contributed by atoms with van der Waals surface area (Å²) in [4.78, 5) is 26.0. The van der Waals surface area contributed by atoms with Gasteiger partial charge in [-0.05, 0) is 61.0 Å². The number of carbonyl (C=O) groups excluding carboxylic acids is 2. The molecule has 1 amide bonds. The third-order valence-corrected chi connectivity index (χ3v) is 6.16. The predicted molar refractivity (Wildman–Crippen MR) is 134 cm³/mol. The van der Waals surface area contributed by atoms with Crippen molar-refractivity contribution in [1.29, 1.82) is 0 Å². The van der Waals surface area contributed by atoms with Gasteiger partial charge in [0.05, 0.1) is 19.8 Å². The second-order valence-electron chi connectivity index (χ2n) is 7.88. The zero-order chi connectivity index (χ0) is 24.9. The first-order chi connectivity index (χ1) is 16.9. The Bertz CT molecular complexity index is 1340. The molecule has 0 aliphatic rings. The number of esters is 1. The van der Waals surface area contributed by atoms with Crippen LogP contribution in [0.25, 0.3) is 22.5 Å². The van der Waals surface area contributed by atoms with Crippen LogP contribution in [0.4, 0.5) is 5.00 Å². The standard InChI is InChI=1S/C25H25N5O4S/c1-5-34-25(32)21-20(16-9-11-19(33-4)12-10-16)14-35-24(21)26-23(31)18-8-6-7-17(13-18)22-27-28-29-30(22)15(2)3/h6-15H,5H2,1-4H3,(H,26,31). The van der Waals surface area contributed by atoms with Crippen molar-refractivity contribution in [3.05, 3.63) is 65.0 Å². The highest BCUT2D eigenvalue weighted by atomic mass is 32.1. The fraction of sp³-hybridized carbons (Fsp3) is 0.240. The molecule has 0 aliphatic heterocycles. The molecule has 0 radical (unpaired) electrons. The molecule has 180 valence electrons. The van der Waals surface area contributed by atoms with Crippen LogP contribution < -0.4 is 10.1 Å². The van der Waals surface area contributed by atoms with Crippen LogP contribution in [0, 0.1) is 0 Å². The Morgan fingerprint density at radius 2 is 1.89 bits per heavy atom. The lowest BCUT2D eigenvalue weighted by atomic mass is 10.0. The molecule has 9 nitrogen and oxygen atoms in total. The van der Waals surface area contributed by atoms with Gasteiger partial charge in [-0.2, -0.15) is 0 Å². The van der Waals surface area contributed by atoms with Crippen molar-refractivity contribution in [2.24, 2.45) is 0 Å². The van der Waals surface area contributed by atoms with Gasteiger partial charge in [-0.25, -0.2) is 9.48 Å². The molecule has 0 fully saturated rings. The van der Waals surface area contributed by atoms with Gasteiger partial charge in [0.15, 0.2) is 5.82 Å². The van der Waals surface area contributed by atoms with E-state index in [-0.39, 0.29) is 18.6 Å². The summed E-state index contributed by atoms with van der Waals surface area (Å²) in [5, 5.41) is 17.0. The second-order valence-corrected chi connectivity index (χ2v) is 8.76. The molecule has 0 aliphatic carbocycles. The Balaban J connectivity index is 1.66. The highest BCUT2D eigenvalue weighted by Crippen LogP contribution is 2.37. The van der Waals surface area contributed by atoms with Gasteiger partial charge in [-0.3, -0.25) is 4.79 Å². The number of ether oxygens (including phenoxy) is 2. The molecule has 0 spiro atoms. The molecule has 35 heavy (non-hydrogen) atoms. The summed E-state index contributed by atoms with van der Waals surface area (Å²) in [7, 11) is 1.59. The van der Waals surface area contributed by atoms with E-state index in [9.17, 15) is 9.59 Å². The smallest absolute Gasteiger partial charge is 0.341 e. The number of thiophene rings is 1. The van der Waals surface area contributed by atoms with Crippen molar-refractivity contribution < 1.29 is 19.1 Å². The quantitative estimate of drug-likeness (QED) is 0.342. The van der Waals surface area contributed by atoms with E-state index in [0.29, 0.717) is 38.8 Å². The number of aromatic nitrogens is 4. The molecule has 0 saturated carbocycles. The maximum atomic E-state index is 13.2. The molecule has 0 saturated heterocycles. The van der Waals surface area contributed by atoms with E-state index in [4.69, 9.17) is 9.47 Å². The Hall–Kier alpha value is -4.05. The molecule has 4 rings (SSSR count). The molecular weight excluding hydrogens is 466 g/mol. The van der Waals surface area contributed by atoms with E-state index in [2.05, 4.69) is 20.8 Å². The Morgan fingerprint density at radius 3 is 2.57 bits per heavy atom. The van der Waals surface area contributed by atoms with Crippen LogP contribution in [0.15, 0.2) is 53.9 Å². The molecule has 2 aromatic heterocycles. The van der Waals surface area contributed by atoms with E-state index < -0.39 is 5.97 Å². The third kappa shape index (κ3) is 5.07. The number of nitrogens with one attached hydrogen (secondary N) is 1. The SMILES string of the molecule is CCOC(=O)c1c(-c2ccc(OC)cc2)csc1NC(=O)c1cccc(-c2nnnn2C(C)C)c1. The number of anilines is 1. The average Bonchev–Trinajstić information content (AvgIpc) is 3.52. The summed E-state index contributed by atoms with van der Waals surface area (Å²) in [6.07, 6.45) is 0. The highest BCUT2D eigenvalue weighted by Gasteiger charge is 2.23. The number of nitrogens with zero attached hydrogens (tertiary/aromatic N) is 4. The van der Waals surface area contributed by atoms with Crippen LogP contribution in [0.5, 0.6) is 5.75 Å². The van der Waals surface area contributed by atoms with Gasteiger partial charge in [-0.15, -0.1) is 16.4 Å². The fourth-order valence-electron chi connectivity index (χ4n) is 3.55. The van der Waals surface area contributed by atoms with Crippen molar-refractivity contribution in [3.8, 4) is 28.3 Å². The highest BCUT2D eigenvalue weighted by molar-refractivity contribution is 7.15. The van der Waals surface area contributed by atoms with Gasteiger partial charge in [0.25, 0.3) is 5.91 Å². The van der Waals surface area contributed by atoms with Gasteiger partial charge in [0.1, 0.15) is 16.3 Å². The third-order valence-electron chi connectivity index (χ3n) is 5.26. The first-order valence-corrected chi connectivity index (χ1v) is 11.9. The molecule has 0 unspecified atom stereocenters. The van der Waals surface area contributed by atoms with Crippen LogP contribution in [0.2, 0.25) is 0 Å². The Morgan fingerprint density at radius 1 is 1.11 bits per heavy atom. The van der Waals surface area contributed by atoms with Crippen molar-refractivity contribution in [2.75, 3.05) is 19.0 Å². The topological polar surface area (TPSA) is 108 Å². The van der Waals surface area contributed by atoms with Crippen molar-refractivity contribution in [3.63, 3.8) is 0 Å². The van der Waals surface area contributed by atoms with Gasteiger partial charge in [0, 0.05) is 22.1 Å². The Kier molecular flexibility index (Phi) is 7.21. The molecule has 10 heteroatoms. The van der Waals surface area contributed by atoms with Crippen molar-refractivity contribution in [1.82, 2.24) is 20.2 Å². The van der Waals surface area contributed by atoms with Gasteiger partial charge in [0.2, 0.25) is 0 Å². The van der Waals surface area contributed by atoms with E-state index in [1.807, 2.05) is 49.6 Å². The lowest BCUT2D eigenvalue weighted by Gasteiger charge is -2.10. The minimum Gasteiger partial charge on any atom is -0.497 e. The number of benzene rings is 2. The zero-order valence-electron chi connectivity index (χ0n) is 19.8. The summed E-state index contributed by atoms with van der Waals surface area (Å²) >= 11 is 1.27. The Labute approximate surface area is 206 Å². The zero-order valence-corrected chi connectivity index (χ0v) is 20.6. The van der Waals surface area contributed by atoms with Crippen molar-refractivity contribution >= 4 is 28.2 Å². The van der Waals surface area contributed by atoms with Crippen LogP contribution in [0.3, 0.4) is 0 Å². The van der Waals surface area contributed by atoms with Crippen molar-refractivity contribution in [2.45, 2.75) is 26.8 Å². The molecule has 4 aromatic rings. The lowest BCUT2D eigenvalue weighted by Crippen LogP contribution is -2.15. The molecule has 0 atom stereocenters. The predicted octanol–water partition coefficient (Wildman–Crippen LogP) is 5.09. The first-order valence-electron chi connectivity index (χ1n) is 11.1. The van der Waals surface area contributed by atoms with E-state index in [1.54, 1.807) is 36.9 Å². The van der Waals surface area contributed by atoms with Crippen LogP contribution in [0.1, 0.15) is 47.5 Å². The fourth-order valence-corrected chi connectivity index (χ4v) is 4.50. The number of hydrogen-bond donors (Lipinski definition) is 1. The number of amides is 1. The number of rotatable bonds is 8. The first kappa shape index (κ1) is 24.1. The minimum absolute atomic E-state index is 0.0621. The summed E-state index contributed by atoms with van der Waals surface area (Å²) in [5.74, 6) is 0.419. The summed E-state index contributed by atoms with van der Waals surface area (Å²) in [6.45, 7) is 5.91. The largest absolute Gasteiger partial charge is 0.497 e.